The molecule has 1 aliphatic heterocycles. The molecule has 4 aromatic rings. The number of hydrogen-bond acceptors (Lipinski definition) is 2. The monoisotopic (exact) mass is 399 g/mol. The van der Waals surface area contributed by atoms with Crippen LogP contribution in [0.1, 0.15) is 22.9 Å². The van der Waals surface area contributed by atoms with Crippen molar-refractivity contribution in [1.82, 2.24) is 9.88 Å². The van der Waals surface area contributed by atoms with Crippen LogP contribution in [0.3, 0.4) is 0 Å². The van der Waals surface area contributed by atoms with E-state index in [0.717, 1.165) is 35.4 Å². The molecule has 1 atom stereocenters. The number of fused-ring (bicyclic) bond motifs is 3. The van der Waals surface area contributed by atoms with E-state index in [9.17, 15) is 9.18 Å². The number of para-hydroxylation sites is 2. The highest BCUT2D eigenvalue weighted by Crippen LogP contribution is 2.38. The third-order valence-corrected chi connectivity index (χ3v) is 5.70. The molecule has 0 fully saturated rings. The van der Waals surface area contributed by atoms with Crippen LogP contribution < -0.4 is 5.32 Å². The van der Waals surface area contributed by atoms with Gasteiger partial charge in [0.2, 0.25) is 5.91 Å². The lowest BCUT2D eigenvalue weighted by Gasteiger charge is -2.35. The lowest BCUT2D eigenvalue weighted by Crippen LogP contribution is -2.41. The predicted octanol–water partition coefficient (Wildman–Crippen LogP) is 4.89. The summed E-state index contributed by atoms with van der Waals surface area (Å²) in [4.78, 5) is 18.4. The third-order valence-electron chi connectivity index (χ3n) is 5.70. The van der Waals surface area contributed by atoms with E-state index < -0.39 is 0 Å². The van der Waals surface area contributed by atoms with Gasteiger partial charge in [-0.05, 0) is 47.9 Å². The van der Waals surface area contributed by atoms with Crippen LogP contribution in [-0.2, 0) is 11.2 Å². The van der Waals surface area contributed by atoms with Gasteiger partial charge in [-0.25, -0.2) is 4.39 Å². The fraction of sp³-hybridized carbons (Fsp3) is 0.160. The molecule has 30 heavy (non-hydrogen) atoms. The molecular weight excluding hydrogens is 377 g/mol. The minimum Gasteiger partial charge on any atom is -0.357 e. The van der Waals surface area contributed by atoms with E-state index in [1.165, 1.54) is 17.0 Å². The number of benzene rings is 3. The maximum absolute atomic E-state index is 14.1. The summed E-state index contributed by atoms with van der Waals surface area (Å²) in [5.74, 6) is -0.355. The number of carbonyl (C=O) groups is 1. The summed E-state index contributed by atoms with van der Waals surface area (Å²) in [6.07, 6.45) is 0.837. The number of nitrogens with zero attached hydrogens (tertiary/aromatic N) is 1. The summed E-state index contributed by atoms with van der Waals surface area (Å²) in [6.45, 7) is 0.948. The molecule has 5 heteroatoms. The van der Waals surface area contributed by atoms with Crippen molar-refractivity contribution in [3.63, 3.8) is 0 Å². The Hall–Kier alpha value is -3.44. The van der Waals surface area contributed by atoms with Crippen molar-refractivity contribution < 1.29 is 9.18 Å². The standard InChI is InChI=1S/C25H22FN3O/c26-18-8-6-7-17(15-18)25-24-21(20-11-4-5-12-22(20)28-24)13-14-29(25)16-23(30)27-19-9-2-1-3-10-19/h1-12,15,25,28H,13-14,16H2,(H,27,30). The fourth-order valence-corrected chi connectivity index (χ4v) is 4.42. The molecule has 1 amide bonds. The smallest absolute Gasteiger partial charge is 0.238 e. The highest BCUT2D eigenvalue weighted by molar-refractivity contribution is 5.92. The van der Waals surface area contributed by atoms with E-state index in [4.69, 9.17) is 0 Å². The Balaban J connectivity index is 1.51. The van der Waals surface area contributed by atoms with Crippen molar-refractivity contribution in [2.24, 2.45) is 0 Å². The van der Waals surface area contributed by atoms with Crippen LogP contribution in [-0.4, -0.2) is 28.9 Å². The van der Waals surface area contributed by atoms with Gasteiger partial charge in [0.15, 0.2) is 0 Å². The second kappa shape index (κ2) is 7.76. The van der Waals surface area contributed by atoms with Crippen LogP contribution in [0.5, 0.6) is 0 Å². The van der Waals surface area contributed by atoms with E-state index in [2.05, 4.69) is 27.3 Å². The second-order valence-corrected chi connectivity index (χ2v) is 7.66. The highest BCUT2D eigenvalue weighted by atomic mass is 19.1. The number of carbonyl (C=O) groups excluding carboxylic acids is 1. The summed E-state index contributed by atoms with van der Waals surface area (Å²) >= 11 is 0. The zero-order chi connectivity index (χ0) is 20.5. The first kappa shape index (κ1) is 18.6. The van der Waals surface area contributed by atoms with Crippen molar-refractivity contribution in [1.29, 1.82) is 0 Å². The zero-order valence-corrected chi connectivity index (χ0v) is 16.4. The first-order valence-corrected chi connectivity index (χ1v) is 10.1. The van der Waals surface area contributed by atoms with Gasteiger partial charge >= 0.3 is 0 Å². The maximum atomic E-state index is 14.1. The van der Waals surface area contributed by atoms with Crippen LogP contribution in [0.15, 0.2) is 78.9 Å². The minimum absolute atomic E-state index is 0.0813. The molecule has 0 saturated heterocycles. The minimum atomic E-state index is -0.274. The van der Waals surface area contributed by atoms with E-state index in [1.807, 2.05) is 48.5 Å². The van der Waals surface area contributed by atoms with Gasteiger partial charge in [-0.1, -0.05) is 48.5 Å². The number of aromatic nitrogens is 1. The fourth-order valence-electron chi connectivity index (χ4n) is 4.42. The van der Waals surface area contributed by atoms with Gasteiger partial charge in [0.1, 0.15) is 5.82 Å². The maximum Gasteiger partial charge on any atom is 0.238 e. The second-order valence-electron chi connectivity index (χ2n) is 7.66. The molecule has 3 aromatic carbocycles. The van der Waals surface area contributed by atoms with Crippen molar-refractivity contribution in [2.75, 3.05) is 18.4 Å². The summed E-state index contributed by atoms with van der Waals surface area (Å²) in [7, 11) is 0. The van der Waals surface area contributed by atoms with E-state index in [-0.39, 0.29) is 24.3 Å². The van der Waals surface area contributed by atoms with Crippen LogP contribution in [0, 0.1) is 5.82 Å². The molecule has 0 aliphatic carbocycles. The Morgan fingerprint density at radius 1 is 1.03 bits per heavy atom. The van der Waals surface area contributed by atoms with Crippen LogP contribution in [0.2, 0.25) is 0 Å². The van der Waals surface area contributed by atoms with Gasteiger partial charge in [0.05, 0.1) is 12.6 Å². The van der Waals surface area contributed by atoms with Gasteiger partial charge < -0.3 is 10.3 Å². The third kappa shape index (κ3) is 3.48. The molecular formula is C25H22FN3O. The molecule has 0 bridgehead atoms. The highest BCUT2D eigenvalue weighted by Gasteiger charge is 2.32. The zero-order valence-electron chi connectivity index (χ0n) is 16.4. The number of aromatic amines is 1. The largest absolute Gasteiger partial charge is 0.357 e. The molecule has 2 N–H and O–H groups in total. The van der Waals surface area contributed by atoms with Gasteiger partial charge in [-0.2, -0.15) is 0 Å². The number of rotatable bonds is 4. The lowest BCUT2D eigenvalue weighted by molar-refractivity contribution is -0.117. The first-order valence-electron chi connectivity index (χ1n) is 10.1. The molecule has 1 aromatic heterocycles. The summed E-state index contributed by atoms with van der Waals surface area (Å²) in [5, 5.41) is 4.15. The Bertz CT molecular complexity index is 1200. The van der Waals surface area contributed by atoms with Gasteiger partial charge in [-0.15, -0.1) is 0 Å². The molecule has 1 unspecified atom stereocenters. The SMILES string of the molecule is O=C(CN1CCc2c([nH]c3ccccc23)C1c1cccc(F)c1)Nc1ccccc1. The average molecular weight is 399 g/mol. The van der Waals surface area contributed by atoms with Gasteiger partial charge in [0, 0.05) is 28.8 Å². The Kier molecular flexibility index (Phi) is 4.81. The molecule has 0 radical (unpaired) electrons. The molecule has 5 rings (SSSR count). The number of anilines is 1. The number of H-pyrrole nitrogens is 1. The lowest BCUT2D eigenvalue weighted by atomic mass is 9.92. The van der Waals surface area contributed by atoms with Crippen molar-refractivity contribution >= 4 is 22.5 Å². The van der Waals surface area contributed by atoms with Crippen LogP contribution in [0.4, 0.5) is 10.1 Å². The predicted molar refractivity (Wildman–Crippen MR) is 117 cm³/mol. The topological polar surface area (TPSA) is 48.1 Å². The van der Waals surface area contributed by atoms with E-state index in [1.54, 1.807) is 12.1 Å². The van der Waals surface area contributed by atoms with Crippen molar-refractivity contribution in [3.8, 4) is 0 Å². The van der Waals surface area contributed by atoms with Gasteiger partial charge in [-0.3, -0.25) is 9.69 Å². The first-order chi connectivity index (χ1) is 14.7. The average Bonchev–Trinajstić information content (AvgIpc) is 3.13. The quantitative estimate of drug-likeness (QED) is 0.513. The molecule has 0 saturated carbocycles. The van der Waals surface area contributed by atoms with Gasteiger partial charge in [0.25, 0.3) is 0 Å². The van der Waals surface area contributed by atoms with E-state index >= 15 is 0 Å². The number of halogens is 1. The number of amides is 1. The number of nitrogens with one attached hydrogen (secondary N) is 2. The number of hydrogen-bond donors (Lipinski definition) is 2. The Morgan fingerprint density at radius 3 is 2.67 bits per heavy atom. The van der Waals surface area contributed by atoms with Crippen LogP contribution in [0.25, 0.3) is 10.9 Å². The van der Waals surface area contributed by atoms with Crippen molar-refractivity contribution in [3.05, 3.63) is 102 Å². The molecule has 4 nitrogen and oxygen atoms in total. The van der Waals surface area contributed by atoms with Crippen LogP contribution >= 0.6 is 0 Å². The molecule has 0 spiro atoms. The summed E-state index contributed by atoms with van der Waals surface area (Å²) in [6, 6.07) is 24.1. The summed E-state index contributed by atoms with van der Waals surface area (Å²) in [5.41, 5.74) is 4.97. The summed E-state index contributed by atoms with van der Waals surface area (Å²) < 4.78 is 14.1. The molecule has 150 valence electrons. The van der Waals surface area contributed by atoms with Crippen molar-refractivity contribution in [2.45, 2.75) is 12.5 Å². The van der Waals surface area contributed by atoms with E-state index in [0.29, 0.717) is 0 Å². The normalized spacial score (nSPS) is 16.4. The molecule has 2 heterocycles. The Labute approximate surface area is 174 Å². The Morgan fingerprint density at radius 2 is 1.83 bits per heavy atom. The molecule has 1 aliphatic rings.